The Morgan fingerprint density at radius 3 is 2.55 bits per heavy atom. The molecule has 3 rings (SSSR count). The van der Waals surface area contributed by atoms with Gasteiger partial charge in [-0.1, -0.05) is 11.6 Å². The fraction of sp³-hybridized carbons (Fsp3) is 0.438. The molecule has 0 radical (unpaired) electrons. The Kier molecular flexibility index (Phi) is 3.91. The minimum absolute atomic E-state index is 0.0621. The monoisotopic (exact) mass is 318 g/mol. The Morgan fingerprint density at radius 1 is 1.23 bits per heavy atom. The van der Waals surface area contributed by atoms with E-state index in [0.717, 1.165) is 48.3 Å². The van der Waals surface area contributed by atoms with Crippen LogP contribution < -0.4 is 4.90 Å². The van der Waals surface area contributed by atoms with E-state index in [9.17, 15) is 4.79 Å². The van der Waals surface area contributed by atoms with Gasteiger partial charge in [-0.2, -0.15) is 0 Å². The summed E-state index contributed by atoms with van der Waals surface area (Å²) in [6.45, 7) is 3.76. The van der Waals surface area contributed by atoms with E-state index in [1.165, 1.54) is 0 Å². The van der Waals surface area contributed by atoms with E-state index in [2.05, 4.69) is 9.88 Å². The second kappa shape index (κ2) is 5.72. The molecule has 0 aromatic carbocycles. The van der Waals surface area contributed by atoms with Gasteiger partial charge in [0.05, 0.1) is 11.1 Å². The molecule has 3 heterocycles. The lowest BCUT2D eigenvalue weighted by molar-refractivity contribution is 0.0828. The molecule has 1 amide bonds. The molecule has 5 nitrogen and oxygen atoms in total. The Morgan fingerprint density at radius 2 is 1.91 bits per heavy atom. The maximum Gasteiger partial charge on any atom is 0.257 e. The number of hydrogen-bond acceptors (Lipinski definition) is 4. The smallest absolute Gasteiger partial charge is 0.257 e. The molecule has 6 heteroatoms. The molecule has 1 aliphatic rings. The van der Waals surface area contributed by atoms with Crippen LogP contribution >= 0.6 is 11.6 Å². The number of rotatable bonds is 2. The highest BCUT2D eigenvalue weighted by atomic mass is 35.5. The van der Waals surface area contributed by atoms with E-state index < -0.39 is 0 Å². The number of anilines is 1. The van der Waals surface area contributed by atoms with E-state index in [0.29, 0.717) is 10.7 Å². The van der Waals surface area contributed by atoms with E-state index >= 15 is 0 Å². The van der Waals surface area contributed by atoms with Gasteiger partial charge >= 0.3 is 0 Å². The molecule has 1 saturated heterocycles. The van der Waals surface area contributed by atoms with E-state index in [-0.39, 0.29) is 5.91 Å². The molecule has 0 bridgehead atoms. The molecule has 1 fully saturated rings. The van der Waals surface area contributed by atoms with Crippen LogP contribution in [0.4, 0.5) is 5.82 Å². The lowest BCUT2D eigenvalue weighted by Crippen LogP contribution is -2.27. The first-order valence-corrected chi connectivity index (χ1v) is 7.79. The first-order valence-electron chi connectivity index (χ1n) is 7.42. The minimum atomic E-state index is -0.0621. The number of amides is 1. The zero-order valence-corrected chi connectivity index (χ0v) is 13.8. The van der Waals surface area contributed by atoms with Crippen LogP contribution in [0.5, 0.6) is 0 Å². The number of carbonyl (C=O) groups excluding carboxylic acids is 1. The summed E-state index contributed by atoms with van der Waals surface area (Å²) in [6, 6.07) is 3.73. The molecule has 22 heavy (non-hydrogen) atoms. The highest BCUT2D eigenvalue weighted by molar-refractivity contribution is 6.34. The Labute approximate surface area is 134 Å². The zero-order chi connectivity index (χ0) is 15.9. The molecule has 0 aliphatic carbocycles. The van der Waals surface area contributed by atoms with Crippen LogP contribution in [-0.2, 0) is 0 Å². The number of nitrogens with zero attached hydrogens (tertiary/aromatic N) is 4. The van der Waals surface area contributed by atoms with Gasteiger partial charge in [0.25, 0.3) is 5.91 Å². The molecule has 2 aromatic rings. The molecule has 2 aromatic heterocycles. The minimum Gasteiger partial charge on any atom is -0.356 e. The molecule has 0 spiro atoms. The van der Waals surface area contributed by atoms with Gasteiger partial charge in [-0.15, -0.1) is 0 Å². The summed E-state index contributed by atoms with van der Waals surface area (Å²) in [4.78, 5) is 25.3. The summed E-state index contributed by atoms with van der Waals surface area (Å²) in [5, 5.41) is 1.11. The summed E-state index contributed by atoms with van der Waals surface area (Å²) in [5.74, 6) is 0.693. The SMILES string of the molecule is Cc1cc2nc(N3CCCC3)c(C(=O)N(C)C)cc2c(Cl)n1. The average Bonchev–Trinajstić information content (AvgIpc) is 2.99. The first-order chi connectivity index (χ1) is 10.5. The van der Waals surface area contributed by atoms with Gasteiger partial charge in [0.1, 0.15) is 11.0 Å². The number of carbonyl (C=O) groups is 1. The fourth-order valence-electron chi connectivity index (χ4n) is 2.81. The third-order valence-corrected chi connectivity index (χ3v) is 4.20. The van der Waals surface area contributed by atoms with Crippen LogP contribution in [0.15, 0.2) is 12.1 Å². The quantitative estimate of drug-likeness (QED) is 0.799. The molecular formula is C16H19ClN4O. The zero-order valence-electron chi connectivity index (χ0n) is 13.1. The van der Waals surface area contributed by atoms with Crippen LogP contribution in [-0.4, -0.2) is 48.0 Å². The van der Waals surface area contributed by atoms with Crippen molar-refractivity contribution in [3.63, 3.8) is 0 Å². The van der Waals surface area contributed by atoms with Crippen molar-refractivity contribution in [1.82, 2.24) is 14.9 Å². The van der Waals surface area contributed by atoms with Gasteiger partial charge in [-0.05, 0) is 31.9 Å². The van der Waals surface area contributed by atoms with Crippen molar-refractivity contribution < 1.29 is 4.79 Å². The van der Waals surface area contributed by atoms with Crippen molar-refractivity contribution in [3.8, 4) is 0 Å². The van der Waals surface area contributed by atoms with Gasteiger partial charge < -0.3 is 9.80 Å². The second-order valence-electron chi connectivity index (χ2n) is 5.87. The predicted molar refractivity (Wildman–Crippen MR) is 88.7 cm³/mol. The highest BCUT2D eigenvalue weighted by Gasteiger charge is 2.23. The van der Waals surface area contributed by atoms with Crippen LogP contribution in [0.1, 0.15) is 28.9 Å². The number of fused-ring (bicyclic) bond motifs is 1. The standard InChI is InChI=1S/C16H19ClN4O/c1-10-8-13-11(14(17)18-10)9-12(16(22)20(2)3)15(19-13)21-6-4-5-7-21/h8-9H,4-7H2,1-3H3. The Balaban J connectivity index is 2.24. The Bertz CT molecular complexity index is 738. The van der Waals surface area contributed by atoms with E-state index in [4.69, 9.17) is 16.6 Å². The molecule has 0 atom stereocenters. The molecule has 1 aliphatic heterocycles. The normalized spacial score (nSPS) is 14.6. The lowest BCUT2D eigenvalue weighted by Gasteiger charge is -2.22. The molecule has 116 valence electrons. The van der Waals surface area contributed by atoms with Crippen molar-refractivity contribution >= 4 is 34.2 Å². The molecule has 0 N–H and O–H groups in total. The topological polar surface area (TPSA) is 49.3 Å². The van der Waals surface area contributed by atoms with Crippen LogP contribution in [0, 0.1) is 6.92 Å². The maximum absolute atomic E-state index is 12.5. The van der Waals surface area contributed by atoms with E-state index in [1.54, 1.807) is 19.0 Å². The van der Waals surface area contributed by atoms with Crippen molar-refractivity contribution in [2.24, 2.45) is 0 Å². The number of halogens is 1. The third kappa shape index (κ3) is 2.61. The van der Waals surface area contributed by atoms with Gasteiger partial charge in [-0.25, -0.2) is 9.97 Å². The number of aryl methyl sites for hydroxylation is 1. The first kappa shape index (κ1) is 15.0. The van der Waals surface area contributed by atoms with Gasteiger partial charge in [0, 0.05) is 38.3 Å². The lowest BCUT2D eigenvalue weighted by atomic mass is 10.1. The third-order valence-electron chi connectivity index (χ3n) is 3.92. The molecule has 0 unspecified atom stereocenters. The van der Waals surface area contributed by atoms with Crippen molar-refractivity contribution in [3.05, 3.63) is 28.5 Å². The van der Waals surface area contributed by atoms with Crippen molar-refractivity contribution in [1.29, 1.82) is 0 Å². The molecule has 0 saturated carbocycles. The maximum atomic E-state index is 12.5. The summed E-state index contributed by atoms with van der Waals surface area (Å²) < 4.78 is 0. The summed E-state index contributed by atoms with van der Waals surface area (Å²) in [7, 11) is 3.49. The summed E-state index contributed by atoms with van der Waals surface area (Å²) in [5.41, 5.74) is 2.20. The van der Waals surface area contributed by atoms with Gasteiger partial charge in [0.15, 0.2) is 0 Å². The van der Waals surface area contributed by atoms with Crippen LogP contribution in [0.2, 0.25) is 5.15 Å². The van der Waals surface area contributed by atoms with Crippen LogP contribution in [0.3, 0.4) is 0 Å². The van der Waals surface area contributed by atoms with Crippen molar-refractivity contribution in [2.45, 2.75) is 19.8 Å². The Hall–Kier alpha value is -1.88. The number of hydrogen-bond donors (Lipinski definition) is 0. The average molecular weight is 319 g/mol. The summed E-state index contributed by atoms with van der Waals surface area (Å²) in [6.07, 6.45) is 2.26. The van der Waals surface area contributed by atoms with Crippen molar-refractivity contribution in [2.75, 3.05) is 32.1 Å². The second-order valence-corrected chi connectivity index (χ2v) is 6.23. The largest absolute Gasteiger partial charge is 0.356 e. The summed E-state index contributed by atoms with van der Waals surface area (Å²) >= 11 is 6.24. The van der Waals surface area contributed by atoms with Gasteiger partial charge in [-0.3, -0.25) is 4.79 Å². The highest BCUT2D eigenvalue weighted by Crippen LogP contribution is 2.30. The predicted octanol–water partition coefficient (Wildman–Crippen LogP) is 2.89. The van der Waals surface area contributed by atoms with Crippen LogP contribution in [0.25, 0.3) is 10.9 Å². The fourth-order valence-corrected chi connectivity index (χ4v) is 3.09. The molecular weight excluding hydrogens is 300 g/mol. The van der Waals surface area contributed by atoms with E-state index in [1.807, 2.05) is 19.1 Å². The van der Waals surface area contributed by atoms with Gasteiger partial charge in [0.2, 0.25) is 0 Å². The number of aromatic nitrogens is 2. The number of pyridine rings is 2.